The molecule has 4 amide bonds. The zero-order valence-electron chi connectivity index (χ0n) is 24.4. The minimum Gasteiger partial charge on any atom is -0.444 e. The third-order valence-corrected chi connectivity index (χ3v) is 11.5. The molecule has 3 aliphatic heterocycles. The number of nitrogens with zero attached hydrogens (tertiary/aromatic N) is 2. The van der Waals surface area contributed by atoms with Gasteiger partial charge in [0.25, 0.3) is 5.91 Å². The van der Waals surface area contributed by atoms with Crippen LogP contribution in [0.3, 0.4) is 0 Å². The molecule has 0 bridgehead atoms. The number of carbonyl (C=O) groups is 4. The van der Waals surface area contributed by atoms with Gasteiger partial charge in [0.15, 0.2) is 0 Å². The molecule has 238 valence electrons. The van der Waals surface area contributed by atoms with Crippen LogP contribution < -0.4 is 15.8 Å². The van der Waals surface area contributed by atoms with E-state index in [0.29, 0.717) is 30.8 Å². The summed E-state index contributed by atoms with van der Waals surface area (Å²) in [5, 5.41) is 2.77. The fourth-order valence-corrected chi connectivity index (χ4v) is 8.09. The van der Waals surface area contributed by atoms with Gasteiger partial charge in [-0.25, -0.2) is 13.2 Å². The highest BCUT2D eigenvalue weighted by molar-refractivity contribution is 7.91. The van der Waals surface area contributed by atoms with E-state index in [9.17, 15) is 27.6 Å². The lowest BCUT2D eigenvalue weighted by Crippen LogP contribution is -2.57. The van der Waals surface area contributed by atoms with Gasteiger partial charge in [-0.05, 0) is 55.7 Å². The van der Waals surface area contributed by atoms with E-state index < -0.39 is 68.7 Å². The van der Waals surface area contributed by atoms with E-state index in [1.165, 1.54) is 9.80 Å². The van der Waals surface area contributed by atoms with Gasteiger partial charge < -0.3 is 20.7 Å². The SMILES string of the molecule is N[C@H]1CCCCCC=C[C@@H]2C[C@@]2(C(=O)NS(=O)(=O)C2CC2)NC(=O)[C@@H]2C[C@@H](OC(=O)N3Cc4cccc(Cl)c4C3)CN2C1=O. The maximum absolute atomic E-state index is 13.9. The molecule has 3 heterocycles. The number of hydrogen-bond acceptors (Lipinski definition) is 8. The Bertz CT molecular complexity index is 1500. The first-order valence-corrected chi connectivity index (χ1v) is 17.2. The van der Waals surface area contributed by atoms with E-state index in [1.807, 2.05) is 24.3 Å². The van der Waals surface area contributed by atoms with Crippen LogP contribution in [0, 0.1) is 5.92 Å². The van der Waals surface area contributed by atoms with Crippen molar-refractivity contribution in [3.05, 3.63) is 46.5 Å². The fraction of sp³-hybridized carbons (Fsp3) is 0.600. The van der Waals surface area contributed by atoms with Crippen molar-refractivity contribution >= 4 is 45.4 Å². The number of benzene rings is 1. The molecule has 6 rings (SSSR count). The molecule has 5 atom stereocenters. The second-order valence-electron chi connectivity index (χ2n) is 12.6. The first-order chi connectivity index (χ1) is 21.0. The predicted molar refractivity (Wildman–Crippen MR) is 160 cm³/mol. The summed E-state index contributed by atoms with van der Waals surface area (Å²) in [4.78, 5) is 56.8. The normalized spacial score (nSPS) is 30.8. The summed E-state index contributed by atoms with van der Waals surface area (Å²) in [6, 6.07) is 3.58. The molecule has 3 fully saturated rings. The topological polar surface area (TPSA) is 168 Å². The Morgan fingerprint density at radius 3 is 2.66 bits per heavy atom. The number of nitrogens with two attached hydrogens (primary N) is 1. The number of amides is 4. The lowest BCUT2D eigenvalue weighted by Gasteiger charge is -2.28. The van der Waals surface area contributed by atoms with Gasteiger partial charge in [0.2, 0.25) is 21.8 Å². The van der Waals surface area contributed by atoms with E-state index in [4.69, 9.17) is 22.1 Å². The summed E-state index contributed by atoms with van der Waals surface area (Å²) in [7, 11) is -3.84. The third-order valence-electron chi connectivity index (χ3n) is 9.34. The molecule has 1 aromatic carbocycles. The first kappa shape index (κ1) is 30.8. The van der Waals surface area contributed by atoms with Crippen LogP contribution in [0.2, 0.25) is 5.02 Å². The van der Waals surface area contributed by atoms with Crippen LogP contribution in [0.5, 0.6) is 0 Å². The van der Waals surface area contributed by atoms with Crippen LogP contribution in [0.1, 0.15) is 68.9 Å². The van der Waals surface area contributed by atoms with Gasteiger partial charge in [-0.15, -0.1) is 0 Å². The molecule has 4 N–H and O–H groups in total. The molecule has 2 saturated carbocycles. The smallest absolute Gasteiger partial charge is 0.410 e. The van der Waals surface area contributed by atoms with Crippen LogP contribution in [-0.2, 0) is 42.2 Å². The van der Waals surface area contributed by atoms with E-state index >= 15 is 0 Å². The largest absolute Gasteiger partial charge is 0.444 e. The minimum absolute atomic E-state index is 0.0101. The van der Waals surface area contributed by atoms with Gasteiger partial charge >= 0.3 is 6.09 Å². The van der Waals surface area contributed by atoms with Crippen molar-refractivity contribution in [1.29, 1.82) is 0 Å². The average Bonchev–Trinajstić information content (AvgIpc) is 3.86. The Hall–Kier alpha value is -3.16. The van der Waals surface area contributed by atoms with Crippen LogP contribution in [0.4, 0.5) is 4.79 Å². The maximum Gasteiger partial charge on any atom is 0.410 e. The molecule has 14 heteroatoms. The van der Waals surface area contributed by atoms with Gasteiger partial charge in [0.1, 0.15) is 17.7 Å². The van der Waals surface area contributed by atoms with Crippen molar-refractivity contribution < 1.29 is 32.3 Å². The molecule has 0 radical (unpaired) electrons. The second-order valence-corrected chi connectivity index (χ2v) is 15.0. The van der Waals surface area contributed by atoms with Gasteiger partial charge in [0, 0.05) is 23.9 Å². The summed E-state index contributed by atoms with van der Waals surface area (Å²) >= 11 is 6.31. The summed E-state index contributed by atoms with van der Waals surface area (Å²) in [5.74, 6) is -2.22. The number of allylic oxidation sites excluding steroid dienone is 1. The number of nitrogens with one attached hydrogen (secondary N) is 2. The standard InChI is InChI=1S/C30H38ClN5O7S/c31-23-9-6-7-18-15-35(17-22(18)23)29(40)43-20-13-25-26(37)33-30(28(39)34-44(41,42)21-11-12-21)14-19(30)8-4-2-1-3-5-10-24(32)27(38)36(25)16-20/h4,6-9,19-21,24-25H,1-3,5,10-17,32H2,(H,33,37)(H,34,39)/t19-,20-,24+,25+,30-/m1/s1. The molecule has 2 aliphatic carbocycles. The minimum atomic E-state index is -3.84. The summed E-state index contributed by atoms with van der Waals surface area (Å²) in [5.41, 5.74) is 6.61. The lowest BCUT2D eigenvalue weighted by atomic mass is 10.1. The highest BCUT2D eigenvalue weighted by Crippen LogP contribution is 2.46. The van der Waals surface area contributed by atoms with Gasteiger partial charge in [-0.2, -0.15) is 0 Å². The monoisotopic (exact) mass is 647 g/mol. The summed E-state index contributed by atoms with van der Waals surface area (Å²) in [6.07, 6.45) is 7.29. The number of hydrogen-bond donors (Lipinski definition) is 3. The van der Waals surface area contributed by atoms with E-state index in [-0.39, 0.29) is 25.9 Å². The highest BCUT2D eigenvalue weighted by Gasteiger charge is 2.62. The Labute approximate surface area is 261 Å². The second kappa shape index (κ2) is 12.0. The molecule has 12 nitrogen and oxygen atoms in total. The molecular formula is C30H38ClN5O7S. The number of ether oxygens (including phenoxy) is 1. The van der Waals surface area contributed by atoms with Gasteiger partial charge in [0.05, 0.1) is 24.4 Å². The van der Waals surface area contributed by atoms with E-state index in [0.717, 1.165) is 36.8 Å². The molecule has 44 heavy (non-hydrogen) atoms. The predicted octanol–water partition coefficient (Wildman–Crippen LogP) is 2.09. The van der Waals surface area contributed by atoms with E-state index in [1.54, 1.807) is 6.07 Å². The van der Waals surface area contributed by atoms with Crippen molar-refractivity contribution in [1.82, 2.24) is 19.8 Å². The van der Waals surface area contributed by atoms with Crippen molar-refractivity contribution in [3.8, 4) is 0 Å². The van der Waals surface area contributed by atoms with Crippen molar-refractivity contribution in [2.45, 2.75) is 99.9 Å². The maximum atomic E-state index is 13.9. The zero-order chi connectivity index (χ0) is 31.2. The Kier molecular flexibility index (Phi) is 8.40. The molecule has 0 unspecified atom stereocenters. The first-order valence-electron chi connectivity index (χ1n) is 15.3. The third kappa shape index (κ3) is 6.18. The Balaban J connectivity index is 1.20. The molecular weight excluding hydrogens is 610 g/mol. The summed E-state index contributed by atoms with van der Waals surface area (Å²) in [6.45, 7) is 0.583. The average molecular weight is 648 g/mol. The van der Waals surface area contributed by atoms with E-state index in [2.05, 4.69) is 10.0 Å². The quantitative estimate of drug-likeness (QED) is 0.418. The number of rotatable bonds is 4. The van der Waals surface area contributed by atoms with Crippen molar-refractivity contribution in [2.24, 2.45) is 11.7 Å². The Morgan fingerprint density at radius 2 is 1.91 bits per heavy atom. The van der Waals surface area contributed by atoms with Crippen molar-refractivity contribution in [3.63, 3.8) is 0 Å². The number of sulfonamides is 1. The van der Waals surface area contributed by atoms with Crippen LogP contribution in [0.15, 0.2) is 30.4 Å². The molecule has 0 spiro atoms. The molecule has 0 aromatic heterocycles. The molecule has 5 aliphatic rings. The van der Waals surface area contributed by atoms with Crippen LogP contribution in [-0.4, -0.2) is 77.6 Å². The highest BCUT2D eigenvalue weighted by atomic mass is 35.5. The molecule has 1 aromatic rings. The number of fused-ring (bicyclic) bond motifs is 3. The molecule has 1 saturated heterocycles. The number of halogens is 1. The van der Waals surface area contributed by atoms with Gasteiger partial charge in [-0.1, -0.05) is 48.7 Å². The lowest BCUT2D eigenvalue weighted by molar-refractivity contribution is -0.140. The summed E-state index contributed by atoms with van der Waals surface area (Å²) < 4.78 is 33.2. The fourth-order valence-electron chi connectivity index (χ4n) is 6.47. The van der Waals surface area contributed by atoms with Crippen LogP contribution in [0.25, 0.3) is 0 Å². The van der Waals surface area contributed by atoms with Gasteiger partial charge in [-0.3, -0.25) is 24.0 Å². The van der Waals surface area contributed by atoms with Crippen molar-refractivity contribution in [2.75, 3.05) is 6.54 Å². The zero-order valence-corrected chi connectivity index (χ0v) is 25.9. The number of carbonyl (C=O) groups excluding carboxylic acids is 4. The van der Waals surface area contributed by atoms with Crippen LogP contribution >= 0.6 is 11.6 Å². The Morgan fingerprint density at radius 1 is 1.11 bits per heavy atom.